The van der Waals surface area contributed by atoms with Crippen molar-refractivity contribution in [3.8, 4) is 0 Å². The fourth-order valence-corrected chi connectivity index (χ4v) is 2.31. The van der Waals surface area contributed by atoms with Crippen LogP contribution in [0.15, 0.2) is 4.79 Å². The molecular weight excluding hydrogens is 290 g/mol. The first kappa shape index (κ1) is 16.2. The lowest BCUT2D eigenvalue weighted by atomic mass is 10.3. The van der Waals surface area contributed by atoms with Crippen LogP contribution < -0.4 is 11.0 Å². The highest BCUT2D eigenvalue weighted by atomic mass is 16.5. The molecule has 1 aliphatic rings. The molecule has 2 rings (SSSR count). The second-order valence-electron chi connectivity index (χ2n) is 5.00. The smallest absolute Gasteiger partial charge is 0.346 e. The summed E-state index contributed by atoms with van der Waals surface area (Å²) in [7, 11) is 1.59. The summed E-state index contributed by atoms with van der Waals surface area (Å²) in [5, 5.41) is 6.69. The number of carbonyl (C=O) groups is 2. The summed E-state index contributed by atoms with van der Waals surface area (Å²) < 4.78 is 7.25. The van der Waals surface area contributed by atoms with Gasteiger partial charge in [0.15, 0.2) is 0 Å². The number of hydrogen-bond donors (Lipinski definition) is 1. The number of likely N-dealkylation sites (N-methyl/N-ethyl adjacent to an activating group) is 1. The molecule has 0 aromatic carbocycles. The Kier molecular flexibility index (Phi) is 5.31. The summed E-state index contributed by atoms with van der Waals surface area (Å²) >= 11 is 0. The van der Waals surface area contributed by atoms with Crippen LogP contribution >= 0.6 is 0 Å². The zero-order chi connectivity index (χ0) is 16.1. The fourth-order valence-electron chi connectivity index (χ4n) is 2.31. The molecule has 9 heteroatoms. The molecule has 9 nitrogen and oxygen atoms in total. The van der Waals surface area contributed by atoms with Crippen LogP contribution in [0.5, 0.6) is 0 Å². The maximum Gasteiger partial charge on any atom is 0.346 e. The van der Waals surface area contributed by atoms with E-state index >= 15 is 0 Å². The SMILES string of the molecule is CCN1CCn2c(nn(CC(=O)NCCCOC)c2=O)C1=O. The van der Waals surface area contributed by atoms with Crippen molar-refractivity contribution in [3.05, 3.63) is 16.3 Å². The molecule has 0 spiro atoms. The maximum absolute atomic E-state index is 12.2. The van der Waals surface area contributed by atoms with Gasteiger partial charge in [0.05, 0.1) is 0 Å². The van der Waals surface area contributed by atoms with E-state index in [9.17, 15) is 14.4 Å². The predicted octanol–water partition coefficient (Wildman–Crippen LogP) is -1.33. The lowest BCUT2D eigenvalue weighted by Gasteiger charge is -2.24. The van der Waals surface area contributed by atoms with Crippen LogP contribution in [0, 0.1) is 0 Å². The number of rotatable bonds is 7. The molecule has 1 aromatic rings. The van der Waals surface area contributed by atoms with Crippen molar-refractivity contribution in [2.45, 2.75) is 26.4 Å². The van der Waals surface area contributed by atoms with Crippen molar-refractivity contribution in [2.24, 2.45) is 0 Å². The van der Waals surface area contributed by atoms with Gasteiger partial charge in [0.2, 0.25) is 11.7 Å². The molecule has 0 bridgehead atoms. The Balaban J connectivity index is 2.03. The highest BCUT2D eigenvalue weighted by Gasteiger charge is 2.28. The molecular formula is C13H21N5O4. The molecule has 2 heterocycles. The number of nitrogens with zero attached hydrogens (tertiary/aromatic N) is 4. The molecule has 0 atom stereocenters. The number of fused-ring (bicyclic) bond motifs is 1. The fraction of sp³-hybridized carbons (Fsp3) is 0.692. The third kappa shape index (κ3) is 3.35. The van der Waals surface area contributed by atoms with E-state index < -0.39 is 5.69 Å². The second kappa shape index (κ2) is 7.21. The van der Waals surface area contributed by atoms with Crippen LogP contribution in [-0.4, -0.2) is 64.4 Å². The molecule has 0 fully saturated rings. The van der Waals surface area contributed by atoms with Crippen LogP contribution in [0.25, 0.3) is 0 Å². The second-order valence-corrected chi connectivity index (χ2v) is 5.00. The molecule has 1 aromatic heterocycles. The van der Waals surface area contributed by atoms with Gasteiger partial charge in [0.25, 0.3) is 5.91 Å². The van der Waals surface area contributed by atoms with Gasteiger partial charge in [-0.05, 0) is 13.3 Å². The molecule has 1 aliphatic heterocycles. The lowest BCUT2D eigenvalue weighted by molar-refractivity contribution is -0.121. The average Bonchev–Trinajstić information content (AvgIpc) is 2.82. The molecule has 0 saturated heterocycles. The number of methoxy groups -OCH3 is 1. The quantitative estimate of drug-likeness (QED) is 0.629. The van der Waals surface area contributed by atoms with Gasteiger partial charge in [-0.25, -0.2) is 9.48 Å². The van der Waals surface area contributed by atoms with Crippen molar-refractivity contribution in [1.29, 1.82) is 0 Å². The van der Waals surface area contributed by atoms with E-state index in [0.717, 1.165) is 4.68 Å². The van der Waals surface area contributed by atoms with Gasteiger partial charge in [-0.1, -0.05) is 0 Å². The van der Waals surface area contributed by atoms with Crippen LogP contribution in [-0.2, 0) is 22.6 Å². The molecule has 2 amide bonds. The number of hydrogen-bond acceptors (Lipinski definition) is 5. The first-order valence-corrected chi connectivity index (χ1v) is 7.31. The predicted molar refractivity (Wildman–Crippen MR) is 77.6 cm³/mol. The highest BCUT2D eigenvalue weighted by molar-refractivity contribution is 5.91. The molecule has 0 saturated carbocycles. The Hall–Kier alpha value is -2.16. The van der Waals surface area contributed by atoms with Crippen molar-refractivity contribution >= 4 is 11.8 Å². The van der Waals surface area contributed by atoms with E-state index in [-0.39, 0.29) is 24.2 Å². The minimum atomic E-state index is -0.425. The summed E-state index contributed by atoms with van der Waals surface area (Å²) in [6.07, 6.45) is 0.695. The number of carbonyl (C=O) groups excluding carboxylic acids is 2. The van der Waals surface area contributed by atoms with E-state index in [1.807, 2.05) is 6.92 Å². The highest BCUT2D eigenvalue weighted by Crippen LogP contribution is 2.07. The average molecular weight is 311 g/mol. The Morgan fingerprint density at radius 1 is 1.36 bits per heavy atom. The Labute approximate surface area is 127 Å². The van der Waals surface area contributed by atoms with Gasteiger partial charge in [-0.2, -0.15) is 0 Å². The maximum atomic E-state index is 12.2. The Morgan fingerprint density at radius 3 is 2.82 bits per heavy atom. The Morgan fingerprint density at radius 2 is 2.14 bits per heavy atom. The van der Waals surface area contributed by atoms with Gasteiger partial charge in [-0.3, -0.25) is 14.2 Å². The number of nitrogens with one attached hydrogen (secondary N) is 1. The van der Waals surface area contributed by atoms with Crippen molar-refractivity contribution < 1.29 is 14.3 Å². The molecule has 0 aliphatic carbocycles. The summed E-state index contributed by atoms with van der Waals surface area (Å²) in [5.41, 5.74) is -0.425. The summed E-state index contributed by atoms with van der Waals surface area (Å²) in [6.45, 7) is 4.17. The van der Waals surface area contributed by atoms with Gasteiger partial charge >= 0.3 is 5.69 Å². The molecule has 0 radical (unpaired) electrons. The molecule has 122 valence electrons. The number of ether oxygens (including phenoxy) is 1. The number of aromatic nitrogens is 3. The minimum absolute atomic E-state index is 0.102. The van der Waals surface area contributed by atoms with Crippen LogP contribution in [0.4, 0.5) is 0 Å². The van der Waals surface area contributed by atoms with Crippen molar-refractivity contribution in [3.63, 3.8) is 0 Å². The molecule has 22 heavy (non-hydrogen) atoms. The lowest BCUT2D eigenvalue weighted by Crippen LogP contribution is -2.43. The Bertz CT molecular complexity index is 606. The van der Waals surface area contributed by atoms with Gasteiger partial charge in [0.1, 0.15) is 6.54 Å². The standard InChI is InChI=1S/C13H21N5O4/c1-3-16-6-7-17-11(12(16)20)15-18(13(17)21)9-10(19)14-5-4-8-22-2/h3-9H2,1-2H3,(H,14,19). The zero-order valence-corrected chi connectivity index (χ0v) is 12.9. The topological polar surface area (TPSA) is 98.5 Å². The van der Waals surface area contributed by atoms with Gasteiger partial charge < -0.3 is 15.0 Å². The van der Waals surface area contributed by atoms with Crippen LogP contribution in [0.2, 0.25) is 0 Å². The largest absolute Gasteiger partial charge is 0.385 e. The van der Waals surface area contributed by atoms with Gasteiger partial charge in [-0.15, -0.1) is 5.10 Å². The summed E-state index contributed by atoms with van der Waals surface area (Å²) in [6, 6.07) is 0. The van der Waals surface area contributed by atoms with Crippen LogP contribution in [0.1, 0.15) is 24.0 Å². The third-order valence-electron chi connectivity index (χ3n) is 3.52. The minimum Gasteiger partial charge on any atom is -0.385 e. The monoisotopic (exact) mass is 311 g/mol. The van der Waals surface area contributed by atoms with Crippen LogP contribution in [0.3, 0.4) is 0 Å². The molecule has 0 unspecified atom stereocenters. The van der Waals surface area contributed by atoms with E-state index in [0.29, 0.717) is 39.2 Å². The zero-order valence-electron chi connectivity index (χ0n) is 12.9. The molecule has 1 N–H and O–H groups in total. The van der Waals surface area contributed by atoms with Crippen molar-refractivity contribution in [1.82, 2.24) is 24.6 Å². The van der Waals surface area contributed by atoms with Gasteiger partial charge in [0, 0.05) is 39.9 Å². The number of amides is 2. The summed E-state index contributed by atoms with van der Waals surface area (Å²) in [5.74, 6) is -0.483. The summed E-state index contributed by atoms with van der Waals surface area (Å²) in [4.78, 5) is 37.7. The first-order chi connectivity index (χ1) is 10.6. The van der Waals surface area contributed by atoms with E-state index in [1.165, 1.54) is 4.57 Å². The van der Waals surface area contributed by atoms with E-state index in [1.54, 1.807) is 12.0 Å². The first-order valence-electron chi connectivity index (χ1n) is 7.31. The van der Waals surface area contributed by atoms with Crippen molar-refractivity contribution in [2.75, 3.05) is 33.4 Å². The van der Waals surface area contributed by atoms with E-state index in [2.05, 4.69) is 10.4 Å². The van der Waals surface area contributed by atoms with E-state index in [4.69, 9.17) is 4.74 Å². The third-order valence-corrected chi connectivity index (χ3v) is 3.52. The normalized spacial score (nSPS) is 14.1.